The van der Waals surface area contributed by atoms with Crippen LogP contribution < -0.4 is 14.8 Å². The first-order valence-corrected chi connectivity index (χ1v) is 12.1. The minimum absolute atomic E-state index is 0.0902. The summed E-state index contributed by atoms with van der Waals surface area (Å²) in [6.45, 7) is 0. The number of amides is 1. The van der Waals surface area contributed by atoms with Gasteiger partial charge in [-0.3, -0.25) is 4.79 Å². The molecule has 0 saturated carbocycles. The minimum Gasteiger partial charge on any atom is -0.457 e. The fourth-order valence-electron chi connectivity index (χ4n) is 3.33. The average molecular weight is 472 g/mol. The maximum Gasteiger partial charge on any atom is 0.242 e. The van der Waals surface area contributed by atoms with Gasteiger partial charge in [0.15, 0.2) is 0 Å². The predicted molar refractivity (Wildman–Crippen MR) is 131 cm³/mol. The highest BCUT2D eigenvalue weighted by Gasteiger charge is 2.26. The smallest absolute Gasteiger partial charge is 0.242 e. The Morgan fingerprint density at radius 1 is 0.824 bits per heavy atom. The van der Waals surface area contributed by atoms with Gasteiger partial charge in [0.1, 0.15) is 17.5 Å². The van der Waals surface area contributed by atoms with Crippen LogP contribution in [-0.4, -0.2) is 20.4 Å². The monoisotopic (exact) mass is 471 g/mol. The van der Waals surface area contributed by atoms with Crippen LogP contribution in [0.4, 0.5) is 5.69 Å². The van der Waals surface area contributed by atoms with Crippen LogP contribution in [0, 0.1) is 6.07 Å². The molecular weight excluding hydrogens is 448 g/mol. The number of ether oxygens (including phenoxy) is 1. The maximum atomic E-state index is 13.2. The highest BCUT2D eigenvalue weighted by molar-refractivity contribution is 7.89. The van der Waals surface area contributed by atoms with Gasteiger partial charge in [0, 0.05) is 11.8 Å². The molecule has 1 amide bonds. The molecule has 6 nitrogen and oxygen atoms in total. The van der Waals surface area contributed by atoms with Crippen LogP contribution in [0.3, 0.4) is 0 Å². The van der Waals surface area contributed by atoms with Crippen LogP contribution in [0.1, 0.15) is 5.56 Å². The van der Waals surface area contributed by atoms with Gasteiger partial charge >= 0.3 is 0 Å². The Balaban J connectivity index is 1.54. The van der Waals surface area contributed by atoms with Crippen molar-refractivity contribution in [3.8, 4) is 11.5 Å². The van der Waals surface area contributed by atoms with Crippen molar-refractivity contribution in [1.29, 1.82) is 0 Å². The van der Waals surface area contributed by atoms with Gasteiger partial charge in [-0.05, 0) is 54.4 Å². The minimum atomic E-state index is -3.91. The number of hydrogen-bond donors (Lipinski definition) is 2. The second-order valence-electron chi connectivity index (χ2n) is 7.53. The van der Waals surface area contributed by atoms with Crippen LogP contribution in [-0.2, 0) is 21.2 Å². The van der Waals surface area contributed by atoms with E-state index in [9.17, 15) is 13.2 Å². The van der Waals surface area contributed by atoms with E-state index in [0.717, 1.165) is 5.56 Å². The van der Waals surface area contributed by atoms with Gasteiger partial charge in [0.25, 0.3) is 0 Å². The second kappa shape index (κ2) is 10.8. The molecule has 34 heavy (non-hydrogen) atoms. The van der Waals surface area contributed by atoms with E-state index in [4.69, 9.17) is 4.74 Å². The molecule has 1 radical (unpaired) electrons. The number of sulfonamides is 1. The molecule has 2 N–H and O–H groups in total. The molecule has 0 aliphatic rings. The topological polar surface area (TPSA) is 84.5 Å². The third-order valence-electron chi connectivity index (χ3n) is 4.97. The summed E-state index contributed by atoms with van der Waals surface area (Å²) in [5, 5.41) is 2.81. The van der Waals surface area contributed by atoms with E-state index < -0.39 is 22.0 Å². The van der Waals surface area contributed by atoms with Gasteiger partial charge in [0.05, 0.1) is 4.90 Å². The summed E-state index contributed by atoms with van der Waals surface area (Å²) in [7, 11) is -3.91. The third kappa shape index (κ3) is 6.31. The standard InChI is InChI=1S/C27H23N2O4S/c30-27(28-22-13-10-16-24(20-22)33-23-14-6-2-7-15-23)26(19-21-11-4-1-5-12-21)29-34(31,32)25-17-8-3-9-18-25/h2-18,20,26,29H,19H2,(H,28,30)/t26-/m0/s1. The van der Waals surface area contributed by atoms with Crippen LogP contribution >= 0.6 is 0 Å². The van der Waals surface area contributed by atoms with Gasteiger partial charge in [0.2, 0.25) is 15.9 Å². The molecule has 0 spiro atoms. The Morgan fingerprint density at radius 2 is 1.47 bits per heavy atom. The zero-order valence-electron chi connectivity index (χ0n) is 18.2. The molecule has 0 unspecified atom stereocenters. The molecule has 4 aromatic carbocycles. The van der Waals surface area contributed by atoms with Crippen molar-refractivity contribution in [1.82, 2.24) is 4.72 Å². The van der Waals surface area contributed by atoms with Crippen molar-refractivity contribution in [2.75, 3.05) is 5.32 Å². The maximum absolute atomic E-state index is 13.2. The van der Waals surface area contributed by atoms with Crippen molar-refractivity contribution in [2.24, 2.45) is 0 Å². The van der Waals surface area contributed by atoms with Crippen molar-refractivity contribution in [2.45, 2.75) is 17.4 Å². The number of carbonyl (C=O) groups excluding carboxylic acids is 1. The molecule has 0 saturated heterocycles. The fourth-order valence-corrected chi connectivity index (χ4v) is 4.54. The van der Waals surface area contributed by atoms with Crippen LogP contribution in [0.15, 0.2) is 114 Å². The molecule has 0 fully saturated rings. The first-order chi connectivity index (χ1) is 16.5. The van der Waals surface area contributed by atoms with E-state index in [1.807, 2.05) is 30.3 Å². The lowest BCUT2D eigenvalue weighted by Crippen LogP contribution is -2.45. The highest BCUT2D eigenvalue weighted by atomic mass is 32.2. The Hall–Kier alpha value is -3.94. The van der Waals surface area contributed by atoms with Crippen LogP contribution in [0.5, 0.6) is 11.5 Å². The Morgan fingerprint density at radius 3 is 2.18 bits per heavy atom. The lowest BCUT2D eigenvalue weighted by atomic mass is 10.1. The molecule has 0 aromatic heterocycles. The Kier molecular flexibility index (Phi) is 7.37. The molecule has 4 aromatic rings. The van der Waals surface area contributed by atoms with Gasteiger partial charge in [-0.2, -0.15) is 4.72 Å². The summed E-state index contributed by atoms with van der Waals surface area (Å²) in [4.78, 5) is 13.3. The predicted octanol–water partition coefficient (Wildman–Crippen LogP) is 4.81. The molecule has 0 heterocycles. The number of benzene rings is 4. The summed E-state index contributed by atoms with van der Waals surface area (Å²) in [6, 6.07) is 33.1. The van der Waals surface area contributed by atoms with Crippen molar-refractivity contribution in [3.05, 3.63) is 121 Å². The highest BCUT2D eigenvalue weighted by Crippen LogP contribution is 2.24. The van der Waals surface area contributed by atoms with Gasteiger partial charge in [-0.1, -0.05) is 66.7 Å². The number of nitrogens with one attached hydrogen (secondary N) is 2. The molecule has 4 rings (SSSR count). The molecular formula is C27H23N2O4S. The summed E-state index contributed by atoms with van der Waals surface area (Å²) in [5.41, 5.74) is 1.29. The van der Waals surface area contributed by atoms with E-state index >= 15 is 0 Å². The summed E-state index contributed by atoms with van der Waals surface area (Å²) in [5.74, 6) is 0.730. The molecule has 0 aliphatic heterocycles. The molecule has 1 atom stereocenters. The van der Waals surface area contributed by atoms with E-state index in [2.05, 4.69) is 16.1 Å². The number of carbonyl (C=O) groups is 1. The number of rotatable bonds is 9. The summed E-state index contributed by atoms with van der Waals surface area (Å²) >= 11 is 0. The van der Waals surface area contributed by atoms with Gasteiger partial charge < -0.3 is 10.1 Å². The zero-order chi connectivity index (χ0) is 23.8. The number of para-hydroxylation sites is 1. The van der Waals surface area contributed by atoms with Gasteiger partial charge in [-0.15, -0.1) is 0 Å². The lowest BCUT2D eigenvalue weighted by molar-refractivity contribution is -0.117. The Bertz CT molecular complexity index is 1330. The molecule has 0 aliphatic carbocycles. The van der Waals surface area contributed by atoms with E-state index in [0.29, 0.717) is 17.2 Å². The molecule has 7 heteroatoms. The first-order valence-electron chi connectivity index (χ1n) is 10.7. The van der Waals surface area contributed by atoms with Crippen molar-refractivity contribution < 1.29 is 17.9 Å². The normalized spacial score (nSPS) is 12.0. The largest absolute Gasteiger partial charge is 0.457 e. The zero-order valence-corrected chi connectivity index (χ0v) is 19.0. The van der Waals surface area contributed by atoms with Crippen molar-refractivity contribution in [3.63, 3.8) is 0 Å². The second-order valence-corrected chi connectivity index (χ2v) is 9.25. The first kappa shape index (κ1) is 23.2. The summed E-state index contributed by atoms with van der Waals surface area (Å²) < 4.78 is 34.2. The SMILES string of the molecule is O=C(Nc1cccc(Oc2ccccc2)c1)[C@H](Cc1cc[c]cc1)NS(=O)(=O)c1ccccc1. The van der Waals surface area contributed by atoms with E-state index in [-0.39, 0.29) is 11.3 Å². The van der Waals surface area contributed by atoms with Crippen LogP contribution in [0.2, 0.25) is 0 Å². The van der Waals surface area contributed by atoms with E-state index in [1.54, 1.807) is 66.7 Å². The van der Waals surface area contributed by atoms with Gasteiger partial charge in [-0.25, -0.2) is 8.42 Å². The lowest BCUT2D eigenvalue weighted by Gasteiger charge is -2.19. The number of hydrogen-bond acceptors (Lipinski definition) is 4. The molecule has 171 valence electrons. The fraction of sp³-hybridized carbons (Fsp3) is 0.0741. The average Bonchev–Trinajstić information content (AvgIpc) is 2.85. The van der Waals surface area contributed by atoms with E-state index in [1.165, 1.54) is 12.1 Å². The molecule has 0 bridgehead atoms. The van der Waals surface area contributed by atoms with Crippen molar-refractivity contribution >= 4 is 21.6 Å². The summed E-state index contributed by atoms with van der Waals surface area (Å²) in [6.07, 6.45) is 0.173. The number of anilines is 1. The quantitative estimate of drug-likeness (QED) is 0.367. The third-order valence-corrected chi connectivity index (χ3v) is 6.46. The Labute approximate surface area is 199 Å². The van der Waals surface area contributed by atoms with Crippen LogP contribution in [0.25, 0.3) is 0 Å².